The molecule has 1 unspecified atom stereocenters. The van der Waals surface area contributed by atoms with Crippen LogP contribution in [0.25, 0.3) is 0 Å². The van der Waals surface area contributed by atoms with Crippen molar-refractivity contribution in [1.82, 2.24) is 25.2 Å². The number of halogens is 1. The first-order chi connectivity index (χ1) is 10.7. The van der Waals surface area contributed by atoms with Crippen LogP contribution in [-0.4, -0.2) is 50.9 Å². The number of rotatable bonds is 4. The average molecular weight is 326 g/mol. The van der Waals surface area contributed by atoms with Gasteiger partial charge in [-0.25, -0.2) is 4.98 Å². The number of carbonyl (C=O) groups is 1. The summed E-state index contributed by atoms with van der Waals surface area (Å²) in [6.07, 6.45) is 2.24. The molecular formula is C13H16ClN5O3. The molecule has 2 aromatic rings. The second kappa shape index (κ2) is 6.45. The largest absolute Gasteiger partial charge is 0.377 e. The number of aromatic amines is 1. The van der Waals surface area contributed by atoms with Gasteiger partial charge in [0.2, 0.25) is 11.1 Å². The summed E-state index contributed by atoms with van der Waals surface area (Å²) < 4.78 is 10.3. The lowest BCUT2D eigenvalue weighted by Crippen LogP contribution is -2.44. The maximum atomic E-state index is 12.5. The number of hydrogen-bond acceptors (Lipinski definition) is 6. The molecule has 9 heteroatoms. The van der Waals surface area contributed by atoms with Crippen LogP contribution in [-0.2, 0) is 16.0 Å². The molecule has 1 N–H and O–H groups in total. The molecule has 0 radical (unpaired) electrons. The Balaban J connectivity index is 1.67. The lowest BCUT2D eigenvalue weighted by Gasteiger charge is -2.34. The van der Waals surface area contributed by atoms with E-state index in [4.69, 9.17) is 20.9 Å². The molecular weight excluding hydrogens is 310 g/mol. The highest BCUT2D eigenvalue weighted by Gasteiger charge is 2.30. The van der Waals surface area contributed by atoms with E-state index < -0.39 is 0 Å². The predicted molar refractivity (Wildman–Crippen MR) is 76.2 cm³/mol. The maximum Gasteiger partial charge on any atom is 0.229 e. The zero-order valence-corrected chi connectivity index (χ0v) is 12.8. The van der Waals surface area contributed by atoms with Crippen LogP contribution in [0.1, 0.15) is 29.5 Å². The van der Waals surface area contributed by atoms with Gasteiger partial charge in [0.15, 0.2) is 0 Å². The Hall–Kier alpha value is -1.93. The van der Waals surface area contributed by atoms with Gasteiger partial charge in [-0.2, -0.15) is 5.10 Å². The molecule has 0 bridgehead atoms. The third kappa shape index (κ3) is 2.97. The molecule has 22 heavy (non-hydrogen) atoms. The van der Waals surface area contributed by atoms with Gasteiger partial charge >= 0.3 is 0 Å². The third-order valence-electron chi connectivity index (χ3n) is 3.72. The van der Waals surface area contributed by atoms with E-state index in [1.165, 1.54) is 6.33 Å². The van der Waals surface area contributed by atoms with Crippen molar-refractivity contribution in [3.05, 3.63) is 28.6 Å². The minimum absolute atomic E-state index is 0.0152. The summed E-state index contributed by atoms with van der Waals surface area (Å²) in [5, 5.41) is 10.7. The lowest BCUT2D eigenvalue weighted by atomic mass is 10.1. The van der Waals surface area contributed by atoms with Gasteiger partial charge in [-0.3, -0.25) is 9.89 Å². The van der Waals surface area contributed by atoms with E-state index in [0.717, 1.165) is 5.56 Å². The Labute approximate surface area is 131 Å². The molecule has 1 saturated heterocycles. The van der Waals surface area contributed by atoms with Crippen molar-refractivity contribution in [3.63, 3.8) is 0 Å². The maximum absolute atomic E-state index is 12.5. The molecule has 1 aliphatic rings. The van der Waals surface area contributed by atoms with Crippen LogP contribution >= 0.6 is 11.6 Å². The zero-order valence-electron chi connectivity index (χ0n) is 12.1. The molecule has 3 heterocycles. The van der Waals surface area contributed by atoms with Crippen LogP contribution in [0.3, 0.4) is 0 Å². The Morgan fingerprint density at radius 3 is 3.14 bits per heavy atom. The van der Waals surface area contributed by atoms with Crippen molar-refractivity contribution in [2.24, 2.45) is 0 Å². The number of hydrogen-bond donors (Lipinski definition) is 1. The molecule has 1 fully saturated rings. The van der Waals surface area contributed by atoms with Crippen molar-refractivity contribution in [2.45, 2.75) is 25.8 Å². The van der Waals surface area contributed by atoms with E-state index in [0.29, 0.717) is 44.1 Å². The number of H-pyrrole nitrogens is 1. The van der Waals surface area contributed by atoms with Gasteiger partial charge in [-0.1, -0.05) is 5.16 Å². The van der Waals surface area contributed by atoms with Gasteiger partial charge in [0.25, 0.3) is 0 Å². The third-order valence-corrected chi connectivity index (χ3v) is 4.02. The van der Waals surface area contributed by atoms with Crippen LogP contribution in [0.2, 0.25) is 5.22 Å². The van der Waals surface area contributed by atoms with Gasteiger partial charge < -0.3 is 14.2 Å². The molecule has 0 saturated carbocycles. The first-order valence-corrected chi connectivity index (χ1v) is 7.37. The highest BCUT2D eigenvalue weighted by atomic mass is 35.5. The number of morpholine rings is 1. The number of aromatic nitrogens is 4. The van der Waals surface area contributed by atoms with Crippen LogP contribution in [0.4, 0.5) is 0 Å². The minimum Gasteiger partial charge on any atom is -0.377 e. The van der Waals surface area contributed by atoms with Gasteiger partial charge in [0.1, 0.15) is 18.2 Å². The van der Waals surface area contributed by atoms with Crippen LogP contribution in [0.15, 0.2) is 10.9 Å². The van der Waals surface area contributed by atoms with Crippen molar-refractivity contribution in [3.8, 4) is 0 Å². The van der Waals surface area contributed by atoms with E-state index in [2.05, 4.69) is 20.3 Å². The van der Waals surface area contributed by atoms with Crippen LogP contribution < -0.4 is 0 Å². The molecule has 2 aromatic heterocycles. The minimum atomic E-state index is -0.234. The first-order valence-electron chi connectivity index (χ1n) is 7.00. The Kier molecular flexibility index (Phi) is 4.39. The van der Waals surface area contributed by atoms with E-state index >= 15 is 0 Å². The van der Waals surface area contributed by atoms with Gasteiger partial charge in [-0.05, 0) is 24.9 Å². The summed E-state index contributed by atoms with van der Waals surface area (Å²) in [5.74, 6) is 0.647. The highest BCUT2D eigenvalue weighted by molar-refractivity contribution is 6.29. The Morgan fingerprint density at radius 1 is 1.59 bits per heavy atom. The number of ether oxygens (including phenoxy) is 1. The lowest BCUT2D eigenvalue weighted by molar-refractivity contribution is -0.140. The smallest absolute Gasteiger partial charge is 0.229 e. The average Bonchev–Trinajstić information content (AvgIpc) is 3.16. The molecule has 0 spiro atoms. The quantitative estimate of drug-likeness (QED) is 0.909. The molecule has 1 amide bonds. The Bertz CT molecular complexity index is 623. The molecule has 3 rings (SSSR count). The second-order valence-electron chi connectivity index (χ2n) is 5.07. The fourth-order valence-electron chi connectivity index (χ4n) is 2.52. The van der Waals surface area contributed by atoms with Crippen molar-refractivity contribution >= 4 is 17.5 Å². The molecule has 1 aliphatic heterocycles. The second-order valence-corrected chi connectivity index (χ2v) is 5.41. The fraction of sp³-hybridized carbons (Fsp3) is 0.538. The van der Waals surface area contributed by atoms with Crippen molar-refractivity contribution < 1.29 is 14.1 Å². The standard InChI is InChI=1S/C13H16ClN5O3/c1-8-9(12(14)22-18-8)2-3-11(20)19-4-5-21-6-10(19)13-15-7-16-17-13/h7,10H,2-6H2,1H3,(H,15,16,17). The van der Waals surface area contributed by atoms with Gasteiger partial charge in [-0.15, -0.1) is 0 Å². The van der Waals surface area contributed by atoms with E-state index in [1.807, 2.05) is 0 Å². The summed E-state index contributed by atoms with van der Waals surface area (Å²) in [6, 6.07) is -0.234. The molecule has 0 aromatic carbocycles. The van der Waals surface area contributed by atoms with Crippen LogP contribution in [0.5, 0.6) is 0 Å². The Morgan fingerprint density at radius 2 is 2.45 bits per heavy atom. The van der Waals surface area contributed by atoms with Crippen LogP contribution in [0, 0.1) is 6.92 Å². The number of nitrogens with zero attached hydrogens (tertiary/aromatic N) is 4. The van der Waals surface area contributed by atoms with Gasteiger partial charge in [0, 0.05) is 18.5 Å². The summed E-state index contributed by atoms with van der Waals surface area (Å²) in [6.45, 7) is 3.26. The summed E-state index contributed by atoms with van der Waals surface area (Å²) in [7, 11) is 0. The molecule has 0 aliphatic carbocycles. The molecule has 1 atom stereocenters. The highest BCUT2D eigenvalue weighted by Crippen LogP contribution is 2.24. The SMILES string of the molecule is Cc1noc(Cl)c1CCC(=O)N1CCOCC1c1ncn[nH]1. The predicted octanol–water partition coefficient (Wildman–Crippen LogP) is 1.29. The molecule has 118 valence electrons. The van der Waals surface area contributed by atoms with E-state index in [9.17, 15) is 4.79 Å². The zero-order chi connectivity index (χ0) is 15.5. The summed E-state index contributed by atoms with van der Waals surface area (Å²) in [5.41, 5.74) is 1.49. The fourth-order valence-corrected chi connectivity index (χ4v) is 2.79. The first kappa shape index (κ1) is 15.0. The number of nitrogens with one attached hydrogen (secondary N) is 1. The molecule has 8 nitrogen and oxygen atoms in total. The summed E-state index contributed by atoms with van der Waals surface area (Å²) in [4.78, 5) is 18.4. The summed E-state index contributed by atoms with van der Waals surface area (Å²) >= 11 is 5.93. The monoisotopic (exact) mass is 325 g/mol. The van der Waals surface area contributed by atoms with Crippen molar-refractivity contribution in [2.75, 3.05) is 19.8 Å². The van der Waals surface area contributed by atoms with E-state index in [-0.39, 0.29) is 17.2 Å². The normalized spacial score (nSPS) is 18.6. The van der Waals surface area contributed by atoms with E-state index in [1.54, 1.807) is 11.8 Å². The topological polar surface area (TPSA) is 97.1 Å². The van der Waals surface area contributed by atoms with Crippen molar-refractivity contribution in [1.29, 1.82) is 0 Å². The number of amides is 1. The number of aryl methyl sites for hydroxylation is 1. The number of carbonyl (C=O) groups excluding carboxylic acids is 1. The van der Waals surface area contributed by atoms with Gasteiger partial charge in [0.05, 0.1) is 18.9 Å².